The third kappa shape index (κ3) is 5.00. The number of hydrogen-bond acceptors (Lipinski definition) is 3. The zero-order chi connectivity index (χ0) is 15.2. The van der Waals surface area contributed by atoms with Gasteiger partial charge in [-0.05, 0) is 31.4 Å². The first-order chi connectivity index (χ1) is 10.1. The number of nitrogens with zero attached hydrogens (tertiary/aromatic N) is 1. The Kier molecular flexibility index (Phi) is 7.35. The molecule has 1 aromatic carbocycles. The van der Waals surface area contributed by atoms with Gasteiger partial charge in [0.15, 0.2) is 0 Å². The summed E-state index contributed by atoms with van der Waals surface area (Å²) in [7, 11) is 0. The standard InChI is InChI=1S/C16H23N3O2.ClH/c1-12-7-14(9-17)11-19(12)16(21)10-18-15(20)8-13-5-3-2-4-6-13;/h2-6,12,14H,7-11,17H2,1H3,(H,18,20);1H. The molecule has 0 aromatic heterocycles. The predicted octanol–water partition coefficient (Wildman–Crippen LogP) is 0.963. The van der Waals surface area contributed by atoms with E-state index in [0.717, 1.165) is 12.0 Å². The molecule has 1 saturated heterocycles. The highest BCUT2D eigenvalue weighted by atomic mass is 35.5. The maximum atomic E-state index is 12.1. The minimum absolute atomic E-state index is 0. The van der Waals surface area contributed by atoms with E-state index in [1.165, 1.54) is 0 Å². The van der Waals surface area contributed by atoms with Gasteiger partial charge in [0.1, 0.15) is 0 Å². The number of amides is 2. The second-order valence-electron chi connectivity index (χ2n) is 5.67. The minimum atomic E-state index is -0.128. The molecule has 22 heavy (non-hydrogen) atoms. The first-order valence-electron chi connectivity index (χ1n) is 7.40. The summed E-state index contributed by atoms with van der Waals surface area (Å²) in [6, 6.07) is 9.70. The van der Waals surface area contributed by atoms with E-state index in [9.17, 15) is 9.59 Å². The molecule has 1 aromatic rings. The summed E-state index contributed by atoms with van der Waals surface area (Å²) in [5.74, 6) is 0.223. The predicted molar refractivity (Wildman–Crippen MR) is 88.7 cm³/mol. The highest BCUT2D eigenvalue weighted by Crippen LogP contribution is 2.21. The van der Waals surface area contributed by atoms with Crippen LogP contribution in [0.4, 0.5) is 0 Å². The first kappa shape index (κ1) is 18.5. The van der Waals surface area contributed by atoms with Crippen LogP contribution in [0.3, 0.4) is 0 Å². The molecule has 0 saturated carbocycles. The van der Waals surface area contributed by atoms with Crippen molar-refractivity contribution in [2.45, 2.75) is 25.8 Å². The largest absolute Gasteiger partial charge is 0.347 e. The van der Waals surface area contributed by atoms with Crippen LogP contribution in [0.5, 0.6) is 0 Å². The van der Waals surface area contributed by atoms with Gasteiger partial charge in [0.2, 0.25) is 11.8 Å². The van der Waals surface area contributed by atoms with Crippen LogP contribution in [0.1, 0.15) is 18.9 Å². The molecule has 2 atom stereocenters. The lowest BCUT2D eigenvalue weighted by atomic mass is 10.1. The van der Waals surface area contributed by atoms with Crippen molar-refractivity contribution in [1.29, 1.82) is 0 Å². The van der Waals surface area contributed by atoms with Gasteiger partial charge >= 0.3 is 0 Å². The summed E-state index contributed by atoms with van der Waals surface area (Å²) in [5, 5.41) is 2.70. The number of carbonyl (C=O) groups excluding carboxylic acids is 2. The van der Waals surface area contributed by atoms with Gasteiger partial charge in [0, 0.05) is 12.6 Å². The zero-order valence-corrected chi connectivity index (χ0v) is 13.6. The average molecular weight is 326 g/mol. The van der Waals surface area contributed by atoms with Gasteiger partial charge < -0.3 is 16.0 Å². The SMILES string of the molecule is CC1CC(CN)CN1C(=O)CNC(=O)Cc1ccccc1.Cl. The van der Waals surface area contributed by atoms with Crippen LogP contribution >= 0.6 is 12.4 Å². The molecule has 6 heteroatoms. The van der Waals surface area contributed by atoms with Crippen molar-refractivity contribution in [3.8, 4) is 0 Å². The summed E-state index contributed by atoms with van der Waals surface area (Å²) in [4.78, 5) is 25.8. The van der Waals surface area contributed by atoms with Crippen molar-refractivity contribution in [3.05, 3.63) is 35.9 Å². The van der Waals surface area contributed by atoms with Gasteiger partial charge in [-0.25, -0.2) is 0 Å². The van der Waals surface area contributed by atoms with E-state index in [1.807, 2.05) is 42.2 Å². The monoisotopic (exact) mass is 325 g/mol. The zero-order valence-electron chi connectivity index (χ0n) is 12.8. The van der Waals surface area contributed by atoms with Crippen LogP contribution in [0.15, 0.2) is 30.3 Å². The Morgan fingerprint density at radius 2 is 2.00 bits per heavy atom. The number of halogens is 1. The Bertz CT molecular complexity index is 495. The van der Waals surface area contributed by atoms with E-state index in [1.54, 1.807) is 0 Å². The first-order valence-corrected chi connectivity index (χ1v) is 7.40. The summed E-state index contributed by atoms with van der Waals surface area (Å²) < 4.78 is 0. The molecule has 3 N–H and O–H groups in total. The normalized spacial score (nSPS) is 20.4. The number of hydrogen-bond donors (Lipinski definition) is 2. The molecule has 1 fully saturated rings. The molecule has 1 aliphatic rings. The Labute approximate surface area is 137 Å². The van der Waals surface area contributed by atoms with Crippen LogP contribution in [-0.2, 0) is 16.0 Å². The van der Waals surface area contributed by atoms with Crippen LogP contribution in [-0.4, -0.2) is 42.4 Å². The topological polar surface area (TPSA) is 75.4 Å². The quantitative estimate of drug-likeness (QED) is 0.846. The number of carbonyl (C=O) groups is 2. The lowest BCUT2D eigenvalue weighted by Gasteiger charge is -2.21. The van der Waals surface area contributed by atoms with Crippen LogP contribution in [0, 0.1) is 5.92 Å². The number of nitrogens with one attached hydrogen (secondary N) is 1. The summed E-state index contributed by atoms with van der Waals surface area (Å²) in [6.07, 6.45) is 1.25. The number of likely N-dealkylation sites (tertiary alicyclic amines) is 1. The summed E-state index contributed by atoms with van der Waals surface area (Å²) in [6.45, 7) is 3.40. The van der Waals surface area contributed by atoms with Crippen molar-refractivity contribution in [2.75, 3.05) is 19.6 Å². The van der Waals surface area contributed by atoms with Crippen molar-refractivity contribution in [2.24, 2.45) is 11.7 Å². The molecule has 0 spiro atoms. The molecule has 1 heterocycles. The van der Waals surface area contributed by atoms with E-state index in [4.69, 9.17) is 5.73 Å². The second kappa shape index (κ2) is 8.76. The molecule has 0 bridgehead atoms. The average Bonchev–Trinajstić information content (AvgIpc) is 2.87. The third-order valence-corrected chi connectivity index (χ3v) is 3.96. The molecule has 0 aliphatic carbocycles. The van der Waals surface area contributed by atoms with Gasteiger partial charge in [-0.1, -0.05) is 30.3 Å². The maximum Gasteiger partial charge on any atom is 0.242 e. The fraction of sp³-hybridized carbons (Fsp3) is 0.500. The fourth-order valence-electron chi connectivity index (χ4n) is 2.78. The molecular weight excluding hydrogens is 302 g/mol. The Morgan fingerprint density at radius 3 is 2.59 bits per heavy atom. The lowest BCUT2D eigenvalue weighted by molar-refractivity contribution is -0.133. The molecule has 2 rings (SSSR count). The Balaban J connectivity index is 0.00000242. The van der Waals surface area contributed by atoms with Crippen molar-refractivity contribution < 1.29 is 9.59 Å². The minimum Gasteiger partial charge on any atom is -0.347 e. The van der Waals surface area contributed by atoms with E-state index >= 15 is 0 Å². The summed E-state index contributed by atoms with van der Waals surface area (Å²) in [5.41, 5.74) is 6.60. The van der Waals surface area contributed by atoms with Gasteiger partial charge in [-0.2, -0.15) is 0 Å². The molecular formula is C16H24ClN3O2. The van der Waals surface area contributed by atoms with Gasteiger partial charge in [-0.15, -0.1) is 12.4 Å². The highest BCUT2D eigenvalue weighted by Gasteiger charge is 2.31. The third-order valence-electron chi connectivity index (χ3n) is 3.96. The smallest absolute Gasteiger partial charge is 0.242 e. The van der Waals surface area contributed by atoms with Gasteiger partial charge in [0.05, 0.1) is 13.0 Å². The second-order valence-corrected chi connectivity index (χ2v) is 5.67. The van der Waals surface area contributed by atoms with Crippen molar-refractivity contribution in [1.82, 2.24) is 10.2 Å². The maximum absolute atomic E-state index is 12.1. The number of benzene rings is 1. The molecule has 2 unspecified atom stereocenters. The van der Waals surface area contributed by atoms with Crippen molar-refractivity contribution >= 4 is 24.2 Å². The number of nitrogens with two attached hydrogens (primary N) is 1. The fourth-order valence-corrected chi connectivity index (χ4v) is 2.78. The number of rotatable bonds is 5. The van der Waals surface area contributed by atoms with Crippen molar-refractivity contribution in [3.63, 3.8) is 0 Å². The Morgan fingerprint density at radius 1 is 1.32 bits per heavy atom. The molecule has 2 amide bonds. The summed E-state index contributed by atoms with van der Waals surface area (Å²) >= 11 is 0. The van der Waals surface area contributed by atoms with E-state index in [0.29, 0.717) is 25.4 Å². The van der Waals surface area contributed by atoms with E-state index in [2.05, 4.69) is 5.32 Å². The highest BCUT2D eigenvalue weighted by molar-refractivity contribution is 5.86. The van der Waals surface area contributed by atoms with Crippen LogP contribution in [0.25, 0.3) is 0 Å². The molecule has 5 nitrogen and oxygen atoms in total. The molecule has 122 valence electrons. The van der Waals surface area contributed by atoms with Gasteiger partial charge in [0.25, 0.3) is 0 Å². The van der Waals surface area contributed by atoms with Crippen LogP contribution in [0.2, 0.25) is 0 Å². The van der Waals surface area contributed by atoms with Crippen LogP contribution < -0.4 is 11.1 Å². The Hall–Kier alpha value is -1.59. The lowest BCUT2D eigenvalue weighted by Crippen LogP contribution is -2.42. The van der Waals surface area contributed by atoms with E-state index < -0.39 is 0 Å². The molecule has 1 aliphatic heterocycles. The van der Waals surface area contributed by atoms with E-state index in [-0.39, 0.29) is 36.8 Å². The van der Waals surface area contributed by atoms with Gasteiger partial charge in [-0.3, -0.25) is 9.59 Å². The molecule has 0 radical (unpaired) electrons.